The van der Waals surface area contributed by atoms with Crippen molar-refractivity contribution < 1.29 is 0 Å². The Morgan fingerprint density at radius 3 is 2.14 bits per heavy atom. The number of nitrogens with zero attached hydrogens (tertiary/aromatic N) is 2. The third-order valence-corrected chi connectivity index (χ3v) is 4.09. The Morgan fingerprint density at radius 2 is 1.64 bits per heavy atom. The van der Waals surface area contributed by atoms with E-state index in [1.807, 2.05) is 0 Å². The van der Waals surface area contributed by atoms with E-state index in [2.05, 4.69) is 16.8 Å². The van der Waals surface area contributed by atoms with Crippen molar-refractivity contribution in [2.75, 3.05) is 39.8 Å². The Kier molecular flexibility index (Phi) is 3.10. The summed E-state index contributed by atoms with van der Waals surface area (Å²) in [4.78, 5) is 5.07. The summed E-state index contributed by atoms with van der Waals surface area (Å²) in [7, 11) is 2.21. The second-order valence-corrected chi connectivity index (χ2v) is 4.93. The summed E-state index contributed by atoms with van der Waals surface area (Å²) >= 11 is 0. The molecule has 0 amide bonds. The highest BCUT2D eigenvalue weighted by molar-refractivity contribution is 4.97. The number of piperazine rings is 1. The molecule has 0 aromatic rings. The monoisotopic (exact) mass is 197 g/mol. The van der Waals surface area contributed by atoms with Gasteiger partial charge in [-0.1, -0.05) is 12.8 Å². The molecule has 0 spiro atoms. The zero-order valence-corrected chi connectivity index (χ0v) is 9.34. The minimum atomic E-state index is 0.376. The second-order valence-electron chi connectivity index (χ2n) is 4.93. The van der Waals surface area contributed by atoms with Crippen molar-refractivity contribution in [3.8, 4) is 0 Å². The molecule has 1 saturated heterocycles. The van der Waals surface area contributed by atoms with Crippen LogP contribution in [0.15, 0.2) is 0 Å². The summed E-state index contributed by atoms with van der Waals surface area (Å²) in [6, 6.07) is 0. The molecule has 0 unspecified atom stereocenters. The molecule has 2 N–H and O–H groups in total. The van der Waals surface area contributed by atoms with Gasteiger partial charge in [0.25, 0.3) is 0 Å². The Morgan fingerprint density at radius 1 is 1.07 bits per heavy atom. The van der Waals surface area contributed by atoms with Gasteiger partial charge in [-0.25, -0.2) is 0 Å². The van der Waals surface area contributed by atoms with Gasteiger partial charge in [-0.2, -0.15) is 0 Å². The predicted molar refractivity (Wildman–Crippen MR) is 59.3 cm³/mol. The number of likely N-dealkylation sites (N-methyl/N-ethyl adjacent to an activating group) is 1. The Labute approximate surface area is 87.2 Å². The van der Waals surface area contributed by atoms with Crippen LogP contribution in [-0.4, -0.2) is 55.1 Å². The van der Waals surface area contributed by atoms with Crippen LogP contribution in [0.5, 0.6) is 0 Å². The standard InChI is InChI=1S/C11H23N3/c1-13-6-8-14(9-7-13)11(10-12)4-2-3-5-11/h2-10,12H2,1H3. The van der Waals surface area contributed by atoms with Crippen LogP contribution in [0.25, 0.3) is 0 Å². The molecule has 0 aromatic heterocycles. The fraction of sp³-hybridized carbons (Fsp3) is 1.00. The zero-order chi connectivity index (χ0) is 10.0. The van der Waals surface area contributed by atoms with E-state index < -0.39 is 0 Å². The highest BCUT2D eigenvalue weighted by Gasteiger charge is 2.38. The van der Waals surface area contributed by atoms with Gasteiger partial charge in [0.05, 0.1) is 0 Å². The average Bonchev–Trinajstić information content (AvgIpc) is 2.68. The van der Waals surface area contributed by atoms with Crippen LogP contribution in [-0.2, 0) is 0 Å². The SMILES string of the molecule is CN1CCN(C2(CN)CCCC2)CC1. The van der Waals surface area contributed by atoms with Crippen molar-refractivity contribution in [2.24, 2.45) is 5.73 Å². The maximum atomic E-state index is 5.98. The van der Waals surface area contributed by atoms with E-state index >= 15 is 0 Å². The minimum Gasteiger partial charge on any atom is -0.329 e. The van der Waals surface area contributed by atoms with E-state index in [0.717, 1.165) is 6.54 Å². The minimum absolute atomic E-state index is 0.376. The van der Waals surface area contributed by atoms with Crippen LogP contribution in [0.2, 0.25) is 0 Å². The van der Waals surface area contributed by atoms with Crippen LogP contribution in [0.1, 0.15) is 25.7 Å². The summed E-state index contributed by atoms with van der Waals surface area (Å²) < 4.78 is 0. The first-order valence-corrected chi connectivity index (χ1v) is 5.90. The molecule has 0 atom stereocenters. The van der Waals surface area contributed by atoms with Gasteiger partial charge in [-0.15, -0.1) is 0 Å². The average molecular weight is 197 g/mol. The molecule has 14 heavy (non-hydrogen) atoms. The van der Waals surface area contributed by atoms with Crippen LogP contribution in [0.3, 0.4) is 0 Å². The third-order valence-electron chi connectivity index (χ3n) is 4.09. The van der Waals surface area contributed by atoms with E-state index in [-0.39, 0.29) is 0 Å². The van der Waals surface area contributed by atoms with Crippen molar-refractivity contribution in [2.45, 2.75) is 31.2 Å². The largest absolute Gasteiger partial charge is 0.329 e. The van der Waals surface area contributed by atoms with Crippen molar-refractivity contribution in [3.05, 3.63) is 0 Å². The summed E-state index contributed by atoms with van der Waals surface area (Å²) in [6.45, 7) is 5.71. The lowest BCUT2D eigenvalue weighted by Crippen LogP contribution is -2.58. The first kappa shape index (κ1) is 10.4. The van der Waals surface area contributed by atoms with Crippen molar-refractivity contribution in [1.82, 2.24) is 9.80 Å². The van der Waals surface area contributed by atoms with E-state index in [0.29, 0.717) is 5.54 Å². The van der Waals surface area contributed by atoms with Gasteiger partial charge in [0.15, 0.2) is 0 Å². The van der Waals surface area contributed by atoms with Crippen LogP contribution in [0, 0.1) is 0 Å². The zero-order valence-electron chi connectivity index (χ0n) is 9.34. The maximum Gasteiger partial charge on any atom is 0.0332 e. The molecule has 2 fully saturated rings. The number of hydrogen-bond acceptors (Lipinski definition) is 3. The van der Waals surface area contributed by atoms with Crippen molar-refractivity contribution in [1.29, 1.82) is 0 Å². The second kappa shape index (κ2) is 4.17. The molecule has 0 bridgehead atoms. The quantitative estimate of drug-likeness (QED) is 0.700. The molecule has 2 aliphatic rings. The van der Waals surface area contributed by atoms with Gasteiger partial charge in [-0.05, 0) is 19.9 Å². The van der Waals surface area contributed by atoms with Crippen LogP contribution < -0.4 is 5.73 Å². The molecule has 0 radical (unpaired) electrons. The Bertz CT molecular complexity index is 179. The van der Waals surface area contributed by atoms with E-state index in [9.17, 15) is 0 Å². The lowest BCUT2D eigenvalue weighted by Gasteiger charge is -2.45. The first-order chi connectivity index (χ1) is 6.77. The maximum absolute atomic E-state index is 5.98. The van der Waals surface area contributed by atoms with Crippen molar-refractivity contribution in [3.63, 3.8) is 0 Å². The van der Waals surface area contributed by atoms with Gasteiger partial charge in [0.1, 0.15) is 0 Å². The van der Waals surface area contributed by atoms with Gasteiger partial charge in [0, 0.05) is 38.3 Å². The predicted octanol–water partition coefficient (Wildman–Crippen LogP) is 0.505. The molecule has 82 valence electrons. The topological polar surface area (TPSA) is 32.5 Å². The van der Waals surface area contributed by atoms with Gasteiger partial charge in [-0.3, -0.25) is 4.90 Å². The summed E-state index contributed by atoms with van der Waals surface area (Å²) in [5.41, 5.74) is 6.36. The third kappa shape index (κ3) is 1.81. The normalized spacial score (nSPS) is 29.6. The number of rotatable bonds is 2. The number of nitrogens with two attached hydrogens (primary N) is 1. The molecule has 2 rings (SSSR count). The van der Waals surface area contributed by atoms with E-state index in [1.165, 1.54) is 51.9 Å². The summed E-state index contributed by atoms with van der Waals surface area (Å²) in [5.74, 6) is 0. The molecular formula is C11H23N3. The van der Waals surface area contributed by atoms with Gasteiger partial charge < -0.3 is 10.6 Å². The van der Waals surface area contributed by atoms with Gasteiger partial charge in [0.2, 0.25) is 0 Å². The molecule has 1 aliphatic carbocycles. The molecular weight excluding hydrogens is 174 g/mol. The summed E-state index contributed by atoms with van der Waals surface area (Å²) in [6.07, 6.45) is 5.41. The highest BCUT2D eigenvalue weighted by atomic mass is 15.3. The van der Waals surface area contributed by atoms with Gasteiger partial charge >= 0.3 is 0 Å². The highest BCUT2D eigenvalue weighted by Crippen LogP contribution is 2.34. The van der Waals surface area contributed by atoms with Crippen LogP contribution in [0.4, 0.5) is 0 Å². The lowest BCUT2D eigenvalue weighted by atomic mass is 9.94. The lowest BCUT2D eigenvalue weighted by molar-refractivity contribution is 0.0484. The fourth-order valence-corrected chi connectivity index (χ4v) is 2.96. The molecule has 0 aromatic carbocycles. The molecule has 3 nitrogen and oxygen atoms in total. The van der Waals surface area contributed by atoms with E-state index in [4.69, 9.17) is 5.73 Å². The number of hydrogen-bond donors (Lipinski definition) is 1. The smallest absolute Gasteiger partial charge is 0.0332 e. The van der Waals surface area contributed by atoms with Crippen molar-refractivity contribution >= 4 is 0 Å². The first-order valence-electron chi connectivity index (χ1n) is 5.90. The Balaban J connectivity index is 1.98. The van der Waals surface area contributed by atoms with E-state index in [1.54, 1.807) is 0 Å². The molecule has 3 heteroatoms. The summed E-state index contributed by atoms with van der Waals surface area (Å²) in [5, 5.41) is 0. The molecule has 1 saturated carbocycles. The molecule has 1 aliphatic heterocycles. The molecule has 1 heterocycles. The fourth-order valence-electron chi connectivity index (χ4n) is 2.96. The Hall–Kier alpha value is -0.120. The van der Waals surface area contributed by atoms with Crippen LogP contribution >= 0.6 is 0 Å².